The van der Waals surface area contributed by atoms with E-state index in [1.807, 2.05) is 0 Å². The summed E-state index contributed by atoms with van der Waals surface area (Å²) < 4.78 is -0.704. The molecule has 2 nitrogen and oxygen atoms in total. The van der Waals surface area contributed by atoms with Gasteiger partial charge in [0.15, 0.2) is 0 Å². The van der Waals surface area contributed by atoms with Crippen LogP contribution < -0.4 is 0 Å². The fourth-order valence-electron chi connectivity index (χ4n) is 1.80. The van der Waals surface area contributed by atoms with Crippen LogP contribution >= 0.6 is 62.3 Å². The lowest BCUT2D eigenvalue weighted by Crippen LogP contribution is -2.03. The van der Waals surface area contributed by atoms with E-state index in [4.69, 9.17) is 51.5 Å². The molecule has 1 N–H and O–H groups in total. The Kier molecular flexibility index (Phi) is 3.61. The van der Waals surface area contributed by atoms with Crippen molar-refractivity contribution in [2.24, 2.45) is 5.92 Å². The Morgan fingerprint density at radius 1 is 1.35 bits per heavy atom. The molecule has 0 heterocycles. The van der Waals surface area contributed by atoms with Gasteiger partial charge in [-0.3, -0.25) is 4.79 Å². The van der Waals surface area contributed by atoms with E-state index in [2.05, 4.69) is 15.9 Å². The number of aliphatic carboxylic acids is 1. The first-order valence-electron chi connectivity index (χ1n) is 4.52. The van der Waals surface area contributed by atoms with Crippen molar-refractivity contribution >= 4 is 68.3 Å². The first-order chi connectivity index (χ1) is 7.76. The first kappa shape index (κ1) is 13.8. The van der Waals surface area contributed by atoms with Gasteiger partial charge in [-0.25, -0.2) is 0 Å². The molecule has 0 aliphatic heterocycles. The van der Waals surface area contributed by atoms with Gasteiger partial charge < -0.3 is 5.11 Å². The molecular formula is C10H5BrCl4O2. The van der Waals surface area contributed by atoms with Crippen LogP contribution in [0.15, 0.2) is 16.6 Å². The van der Waals surface area contributed by atoms with E-state index in [0.29, 0.717) is 20.1 Å². The number of carboxylic acids is 1. The van der Waals surface area contributed by atoms with Crippen LogP contribution in [-0.2, 0) is 4.79 Å². The van der Waals surface area contributed by atoms with Gasteiger partial charge in [0.05, 0.1) is 16.0 Å². The minimum absolute atomic E-state index is 0.330. The van der Waals surface area contributed by atoms with Crippen LogP contribution in [-0.4, -0.2) is 15.4 Å². The fraction of sp³-hybridized carbons (Fsp3) is 0.300. The van der Waals surface area contributed by atoms with E-state index in [1.165, 1.54) is 0 Å². The summed E-state index contributed by atoms with van der Waals surface area (Å²) in [5, 5.41) is 9.68. The topological polar surface area (TPSA) is 37.3 Å². The summed E-state index contributed by atoms with van der Waals surface area (Å²) in [5.74, 6) is -2.33. The van der Waals surface area contributed by atoms with Crippen molar-refractivity contribution < 1.29 is 9.90 Å². The van der Waals surface area contributed by atoms with Crippen LogP contribution in [0.4, 0.5) is 0 Å². The molecule has 0 amide bonds. The standard InChI is InChI=1S/C10H5BrCl4O2/c11-4-1-3(2-5(12)8(4)13)6-7(9(16)17)10(6,14)15/h1-2,6-7H,(H,16,17). The summed E-state index contributed by atoms with van der Waals surface area (Å²) in [4.78, 5) is 11.0. The van der Waals surface area contributed by atoms with Gasteiger partial charge in [-0.05, 0) is 33.6 Å². The summed E-state index contributed by atoms with van der Waals surface area (Å²) in [6, 6.07) is 3.27. The SMILES string of the molecule is O=C(O)C1C(c2cc(Cl)c(Cl)c(Br)c2)C1(Cl)Cl. The van der Waals surface area contributed by atoms with Crippen molar-refractivity contribution in [2.75, 3.05) is 0 Å². The third kappa shape index (κ3) is 2.28. The van der Waals surface area contributed by atoms with Crippen LogP contribution in [0, 0.1) is 5.92 Å². The zero-order valence-electron chi connectivity index (χ0n) is 8.05. The van der Waals surface area contributed by atoms with Crippen molar-refractivity contribution in [2.45, 2.75) is 10.3 Å². The highest BCUT2D eigenvalue weighted by Crippen LogP contribution is 2.65. The van der Waals surface area contributed by atoms with E-state index in [0.717, 1.165) is 0 Å². The highest BCUT2D eigenvalue weighted by molar-refractivity contribution is 9.10. The van der Waals surface area contributed by atoms with Crippen molar-refractivity contribution in [3.8, 4) is 0 Å². The monoisotopic (exact) mass is 376 g/mol. The van der Waals surface area contributed by atoms with E-state index in [1.54, 1.807) is 12.1 Å². The molecular weight excluding hydrogens is 374 g/mol. The maximum Gasteiger partial charge on any atom is 0.310 e. The quantitative estimate of drug-likeness (QED) is 0.596. The molecule has 1 aliphatic carbocycles. The molecule has 1 aliphatic rings. The summed E-state index contributed by atoms with van der Waals surface area (Å²) in [6.07, 6.45) is 0. The number of carbonyl (C=O) groups is 1. The predicted octanol–water partition coefficient (Wildman–Crippen LogP) is 4.73. The number of carboxylic acid groups (broad SMARTS) is 1. The second-order valence-corrected chi connectivity index (χ2v) is 6.85. The van der Waals surface area contributed by atoms with Gasteiger partial charge in [0.25, 0.3) is 0 Å². The normalized spacial score (nSPS) is 25.7. The minimum atomic E-state index is -1.29. The molecule has 0 saturated heterocycles. The number of halogens is 5. The van der Waals surface area contributed by atoms with Crippen LogP contribution in [0.2, 0.25) is 10.0 Å². The average molecular weight is 379 g/mol. The van der Waals surface area contributed by atoms with Gasteiger partial charge in [-0.1, -0.05) is 46.4 Å². The van der Waals surface area contributed by atoms with Crippen molar-refractivity contribution in [1.29, 1.82) is 0 Å². The molecule has 0 bridgehead atoms. The Balaban J connectivity index is 2.41. The smallest absolute Gasteiger partial charge is 0.310 e. The summed E-state index contributed by atoms with van der Waals surface area (Å²) >= 11 is 26.9. The third-order valence-electron chi connectivity index (χ3n) is 2.68. The van der Waals surface area contributed by atoms with Crippen molar-refractivity contribution in [3.05, 3.63) is 32.2 Å². The summed E-state index contributed by atoms with van der Waals surface area (Å²) in [7, 11) is 0. The molecule has 0 radical (unpaired) electrons. The lowest BCUT2D eigenvalue weighted by atomic mass is 10.1. The van der Waals surface area contributed by atoms with Crippen LogP contribution in [0.3, 0.4) is 0 Å². The Morgan fingerprint density at radius 3 is 2.35 bits per heavy atom. The van der Waals surface area contributed by atoms with Crippen molar-refractivity contribution in [1.82, 2.24) is 0 Å². The zero-order valence-corrected chi connectivity index (χ0v) is 12.7. The number of alkyl halides is 2. The van der Waals surface area contributed by atoms with Gasteiger partial charge in [0.1, 0.15) is 4.33 Å². The van der Waals surface area contributed by atoms with Crippen LogP contribution in [0.5, 0.6) is 0 Å². The Morgan fingerprint density at radius 2 is 1.94 bits per heavy atom. The lowest BCUT2D eigenvalue weighted by Gasteiger charge is -2.05. The molecule has 2 rings (SSSR count). The van der Waals surface area contributed by atoms with Gasteiger partial charge >= 0.3 is 5.97 Å². The van der Waals surface area contributed by atoms with Crippen LogP contribution in [0.25, 0.3) is 0 Å². The Hall–Kier alpha value is 0.330. The molecule has 1 aromatic rings. The number of hydrogen-bond acceptors (Lipinski definition) is 1. The average Bonchev–Trinajstić information content (AvgIpc) is 2.77. The third-order valence-corrected chi connectivity index (χ3v) is 5.28. The minimum Gasteiger partial charge on any atom is -0.481 e. The number of hydrogen-bond donors (Lipinski definition) is 1. The van der Waals surface area contributed by atoms with Gasteiger partial charge in [-0.2, -0.15) is 0 Å². The largest absolute Gasteiger partial charge is 0.481 e. The van der Waals surface area contributed by atoms with Crippen molar-refractivity contribution in [3.63, 3.8) is 0 Å². The molecule has 7 heteroatoms. The molecule has 0 spiro atoms. The van der Waals surface area contributed by atoms with Crippen LogP contribution in [0.1, 0.15) is 11.5 Å². The maximum atomic E-state index is 11.0. The van der Waals surface area contributed by atoms with Gasteiger partial charge in [-0.15, -0.1) is 0 Å². The molecule has 1 aromatic carbocycles. The first-order valence-corrected chi connectivity index (χ1v) is 6.82. The predicted molar refractivity (Wildman–Crippen MR) is 72.5 cm³/mol. The summed E-state index contributed by atoms with van der Waals surface area (Å²) in [5.41, 5.74) is 0.656. The Labute approximate surface area is 126 Å². The molecule has 92 valence electrons. The van der Waals surface area contributed by atoms with Gasteiger partial charge in [0.2, 0.25) is 0 Å². The molecule has 2 unspecified atom stereocenters. The highest BCUT2D eigenvalue weighted by atomic mass is 79.9. The van der Waals surface area contributed by atoms with E-state index >= 15 is 0 Å². The molecule has 2 atom stereocenters. The summed E-state index contributed by atoms with van der Waals surface area (Å²) in [6.45, 7) is 0. The molecule has 1 saturated carbocycles. The second-order valence-electron chi connectivity index (χ2n) is 3.77. The second kappa shape index (κ2) is 4.46. The number of benzene rings is 1. The highest BCUT2D eigenvalue weighted by Gasteiger charge is 2.68. The maximum absolute atomic E-state index is 11.0. The van der Waals surface area contributed by atoms with E-state index in [9.17, 15) is 4.79 Å². The van der Waals surface area contributed by atoms with E-state index < -0.39 is 22.1 Å². The molecule has 0 aromatic heterocycles. The molecule has 17 heavy (non-hydrogen) atoms. The zero-order chi connectivity index (χ0) is 13.0. The molecule has 1 fully saturated rings. The van der Waals surface area contributed by atoms with Gasteiger partial charge in [0, 0.05) is 10.4 Å². The number of rotatable bonds is 2. The lowest BCUT2D eigenvalue weighted by molar-refractivity contribution is -0.138. The fourth-order valence-corrected chi connectivity index (χ4v) is 3.55. The Bertz CT molecular complexity index is 480. The van der Waals surface area contributed by atoms with E-state index in [-0.39, 0.29) is 0 Å².